The van der Waals surface area contributed by atoms with Crippen molar-refractivity contribution in [1.82, 2.24) is 5.32 Å². The summed E-state index contributed by atoms with van der Waals surface area (Å²) in [5.74, 6) is 0.576. The van der Waals surface area contributed by atoms with E-state index in [0.29, 0.717) is 22.9 Å². The van der Waals surface area contributed by atoms with E-state index in [4.69, 9.17) is 0 Å². The molecule has 0 aromatic heterocycles. The molecule has 98 valence electrons. The lowest BCUT2D eigenvalue weighted by Crippen LogP contribution is -2.30. The first-order chi connectivity index (χ1) is 8.58. The van der Waals surface area contributed by atoms with E-state index >= 15 is 0 Å². The number of halogens is 1. The Morgan fingerprint density at radius 2 is 2.28 bits per heavy atom. The van der Waals surface area contributed by atoms with Crippen molar-refractivity contribution in [2.75, 3.05) is 6.54 Å². The van der Waals surface area contributed by atoms with Gasteiger partial charge in [-0.05, 0) is 43.4 Å². The van der Waals surface area contributed by atoms with Crippen LogP contribution in [0.2, 0.25) is 0 Å². The van der Waals surface area contributed by atoms with Crippen molar-refractivity contribution in [2.45, 2.75) is 31.0 Å². The minimum Gasteiger partial charge on any atom is -0.508 e. The fraction of sp³-hybridized carbons (Fsp3) is 0.500. The Morgan fingerprint density at radius 3 is 2.89 bits per heavy atom. The van der Waals surface area contributed by atoms with Crippen LogP contribution in [0.1, 0.15) is 35.2 Å². The van der Waals surface area contributed by atoms with E-state index in [1.165, 1.54) is 18.9 Å². The van der Waals surface area contributed by atoms with E-state index in [1.54, 1.807) is 12.1 Å². The molecule has 1 amide bonds. The summed E-state index contributed by atoms with van der Waals surface area (Å²) >= 11 is 3.64. The van der Waals surface area contributed by atoms with Crippen LogP contribution >= 0.6 is 15.9 Å². The summed E-state index contributed by atoms with van der Waals surface area (Å²) in [5.41, 5.74) is 1.30. The monoisotopic (exact) mass is 311 g/mol. The van der Waals surface area contributed by atoms with Crippen LogP contribution in [-0.2, 0) is 0 Å². The molecule has 1 saturated carbocycles. The zero-order chi connectivity index (χ0) is 13.1. The number of hydrogen-bond donors (Lipinski definition) is 2. The first-order valence-corrected chi connectivity index (χ1v) is 7.21. The summed E-state index contributed by atoms with van der Waals surface area (Å²) in [6.07, 6.45) is 3.57. The van der Waals surface area contributed by atoms with Crippen LogP contribution in [0, 0.1) is 12.8 Å². The fourth-order valence-corrected chi connectivity index (χ4v) is 3.07. The predicted octanol–water partition coefficient (Wildman–Crippen LogP) is 2.99. The van der Waals surface area contributed by atoms with Crippen LogP contribution in [0.5, 0.6) is 5.75 Å². The maximum Gasteiger partial charge on any atom is 0.251 e. The van der Waals surface area contributed by atoms with Gasteiger partial charge in [0.25, 0.3) is 5.91 Å². The predicted molar refractivity (Wildman–Crippen MR) is 75.2 cm³/mol. The highest BCUT2D eigenvalue weighted by Crippen LogP contribution is 2.30. The summed E-state index contributed by atoms with van der Waals surface area (Å²) < 4.78 is 0. The third-order valence-corrected chi connectivity index (χ3v) is 4.77. The molecule has 0 saturated heterocycles. The number of carbonyl (C=O) groups is 1. The molecule has 2 atom stereocenters. The molecule has 4 heteroatoms. The number of nitrogens with one attached hydrogen (secondary N) is 1. The lowest BCUT2D eigenvalue weighted by molar-refractivity contribution is 0.0947. The van der Waals surface area contributed by atoms with Crippen LogP contribution in [-0.4, -0.2) is 22.4 Å². The number of phenolic OH excluding ortho intramolecular Hbond substituents is 1. The Bertz CT molecular complexity index is 447. The second-order valence-corrected chi connectivity index (χ2v) is 6.09. The van der Waals surface area contributed by atoms with Gasteiger partial charge in [-0.25, -0.2) is 0 Å². The van der Waals surface area contributed by atoms with Crippen LogP contribution < -0.4 is 5.32 Å². The van der Waals surface area contributed by atoms with E-state index in [1.807, 2.05) is 6.92 Å². The number of benzene rings is 1. The molecular formula is C14H18BrNO2. The van der Waals surface area contributed by atoms with Crippen LogP contribution in [0.25, 0.3) is 0 Å². The van der Waals surface area contributed by atoms with Gasteiger partial charge < -0.3 is 10.4 Å². The van der Waals surface area contributed by atoms with Gasteiger partial charge in [-0.15, -0.1) is 0 Å². The van der Waals surface area contributed by atoms with E-state index in [-0.39, 0.29) is 11.7 Å². The van der Waals surface area contributed by atoms with Gasteiger partial charge in [-0.1, -0.05) is 28.4 Å². The zero-order valence-corrected chi connectivity index (χ0v) is 12.0. The quantitative estimate of drug-likeness (QED) is 0.843. The van der Waals surface area contributed by atoms with Crippen molar-refractivity contribution in [1.29, 1.82) is 0 Å². The Hall–Kier alpha value is -1.03. The number of amides is 1. The van der Waals surface area contributed by atoms with E-state index in [2.05, 4.69) is 21.2 Å². The van der Waals surface area contributed by atoms with Gasteiger partial charge in [-0.3, -0.25) is 4.79 Å². The third-order valence-electron chi connectivity index (χ3n) is 3.56. The maximum absolute atomic E-state index is 11.9. The van der Waals surface area contributed by atoms with Crippen molar-refractivity contribution in [3.8, 4) is 5.75 Å². The first-order valence-electron chi connectivity index (χ1n) is 6.30. The first kappa shape index (κ1) is 13.4. The highest BCUT2D eigenvalue weighted by Gasteiger charge is 2.25. The van der Waals surface area contributed by atoms with Gasteiger partial charge >= 0.3 is 0 Å². The molecule has 1 aromatic carbocycles. The van der Waals surface area contributed by atoms with Crippen LogP contribution in [0.15, 0.2) is 18.2 Å². The highest BCUT2D eigenvalue weighted by molar-refractivity contribution is 9.09. The maximum atomic E-state index is 11.9. The van der Waals surface area contributed by atoms with Crippen LogP contribution in [0.4, 0.5) is 0 Å². The van der Waals surface area contributed by atoms with Crippen molar-refractivity contribution in [3.63, 3.8) is 0 Å². The lowest BCUT2D eigenvalue weighted by Gasteiger charge is -2.14. The normalized spacial score (nSPS) is 23.0. The molecule has 0 spiro atoms. The molecule has 0 bridgehead atoms. The molecule has 18 heavy (non-hydrogen) atoms. The lowest BCUT2D eigenvalue weighted by atomic mass is 10.1. The highest BCUT2D eigenvalue weighted by atomic mass is 79.9. The van der Waals surface area contributed by atoms with Gasteiger partial charge in [0.2, 0.25) is 0 Å². The second-order valence-electron chi connectivity index (χ2n) is 4.92. The Morgan fingerprint density at radius 1 is 1.50 bits per heavy atom. The third kappa shape index (κ3) is 3.05. The minimum atomic E-state index is -0.114. The smallest absolute Gasteiger partial charge is 0.251 e. The number of alkyl halides is 1. The Labute approximate surface area is 116 Å². The zero-order valence-electron chi connectivity index (χ0n) is 10.4. The number of phenols is 1. The van der Waals surface area contributed by atoms with Gasteiger partial charge in [0.1, 0.15) is 5.75 Å². The Kier molecular flexibility index (Phi) is 4.27. The summed E-state index contributed by atoms with van der Waals surface area (Å²) in [6.45, 7) is 2.51. The minimum absolute atomic E-state index is 0.114. The van der Waals surface area contributed by atoms with E-state index < -0.39 is 0 Å². The molecule has 2 rings (SSSR count). The number of aryl methyl sites for hydroxylation is 1. The van der Waals surface area contributed by atoms with Crippen molar-refractivity contribution < 1.29 is 9.90 Å². The molecule has 3 nitrogen and oxygen atoms in total. The number of hydrogen-bond acceptors (Lipinski definition) is 2. The molecule has 1 aliphatic carbocycles. The van der Waals surface area contributed by atoms with E-state index in [9.17, 15) is 9.90 Å². The van der Waals surface area contributed by atoms with Gasteiger partial charge in [0, 0.05) is 16.9 Å². The van der Waals surface area contributed by atoms with Crippen molar-refractivity contribution in [2.24, 2.45) is 5.92 Å². The summed E-state index contributed by atoms with van der Waals surface area (Å²) in [7, 11) is 0. The average Bonchev–Trinajstić information content (AvgIpc) is 2.75. The van der Waals surface area contributed by atoms with Gasteiger partial charge in [0.05, 0.1) is 0 Å². The molecule has 0 aliphatic heterocycles. The summed E-state index contributed by atoms with van der Waals surface area (Å²) in [4.78, 5) is 12.5. The number of rotatable bonds is 3. The molecular weight excluding hydrogens is 294 g/mol. The van der Waals surface area contributed by atoms with Gasteiger partial charge in [-0.2, -0.15) is 0 Å². The molecule has 2 N–H and O–H groups in total. The second kappa shape index (κ2) is 5.74. The number of carbonyl (C=O) groups excluding carboxylic acids is 1. The van der Waals surface area contributed by atoms with E-state index in [0.717, 1.165) is 12.0 Å². The topological polar surface area (TPSA) is 49.3 Å². The average molecular weight is 312 g/mol. The number of aromatic hydroxyl groups is 1. The summed E-state index contributed by atoms with van der Waals surface area (Å²) in [5, 5.41) is 12.5. The molecule has 0 radical (unpaired) electrons. The molecule has 1 fully saturated rings. The van der Waals surface area contributed by atoms with Gasteiger partial charge in [0.15, 0.2) is 0 Å². The molecule has 2 unspecified atom stereocenters. The fourth-order valence-electron chi connectivity index (χ4n) is 2.30. The molecule has 0 heterocycles. The SMILES string of the molecule is Cc1ccc(C(=O)NCC2CCCC2Br)cc1O. The van der Waals surface area contributed by atoms with Crippen LogP contribution in [0.3, 0.4) is 0 Å². The Balaban J connectivity index is 1.93. The van der Waals surface area contributed by atoms with Crippen molar-refractivity contribution >= 4 is 21.8 Å². The van der Waals surface area contributed by atoms with Crippen molar-refractivity contribution in [3.05, 3.63) is 29.3 Å². The molecule has 1 aromatic rings. The summed E-state index contributed by atoms with van der Waals surface area (Å²) in [6, 6.07) is 5.02. The largest absolute Gasteiger partial charge is 0.508 e. The molecule has 1 aliphatic rings. The standard InChI is InChI=1S/C14H18BrNO2/c1-9-5-6-10(7-13(9)17)14(18)16-8-11-3-2-4-12(11)15/h5-7,11-12,17H,2-4,8H2,1H3,(H,16,18).